The van der Waals surface area contributed by atoms with E-state index >= 15 is 0 Å². The molecule has 12 heavy (non-hydrogen) atoms. The first kappa shape index (κ1) is 7.92. The van der Waals surface area contributed by atoms with E-state index in [1.165, 1.54) is 6.07 Å². The first-order valence-electron chi connectivity index (χ1n) is 3.95. The molecule has 1 nitrogen and oxygen atoms in total. The van der Waals surface area contributed by atoms with Gasteiger partial charge in [-0.2, -0.15) is 0 Å². The molecule has 1 fully saturated rings. The Bertz CT molecular complexity index is 271. The highest BCUT2D eigenvalue weighted by atomic mass is 32.2. The lowest BCUT2D eigenvalue weighted by atomic mass is 10.3. The van der Waals surface area contributed by atoms with Crippen molar-refractivity contribution in [2.24, 2.45) is 0 Å². The van der Waals surface area contributed by atoms with Crippen molar-refractivity contribution >= 4 is 17.4 Å². The zero-order chi connectivity index (χ0) is 8.39. The molecular weight excluding hydrogens is 173 g/mol. The van der Waals surface area contributed by atoms with Crippen LogP contribution in [-0.2, 0) is 0 Å². The van der Waals surface area contributed by atoms with Crippen LogP contribution in [0.5, 0.6) is 0 Å². The lowest BCUT2D eigenvalue weighted by Gasteiger charge is -2.16. The summed E-state index contributed by atoms with van der Waals surface area (Å²) >= 11 is 1.84. The van der Waals surface area contributed by atoms with E-state index in [1.54, 1.807) is 6.07 Å². The van der Waals surface area contributed by atoms with Crippen molar-refractivity contribution in [2.45, 2.75) is 0 Å². The molecule has 0 aromatic heterocycles. The summed E-state index contributed by atoms with van der Waals surface area (Å²) in [4.78, 5) is 2.07. The fourth-order valence-electron chi connectivity index (χ4n) is 1.31. The number of anilines is 1. The molecule has 1 aromatic carbocycles. The van der Waals surface area contributed by atoms with Crippen LogP contribution in [0.2, 0.25) is 0 Å². The summed E-state index contributed by atoms with van der Waals surface area (Å²) in [6.45, 7) is 0.964. The molecule has 0 bridgehead atoms. The van der Waals surface area contributed by atoms with Gasteiger partial charge in [0.1, 0.15) is 5.82 Å². The predicted octanol–water partition coefficient (Wildman–Crippen LogP) is 2.34. The molecule has 0 radical (unpaired) electrons. The van der Waals surface area contributed by atoms with E-state index in [4.69, 9.17) is 0 Å². The van der Waals surface area contributed by atoms with Crippen LogP contribution in [0.1, 0.15) is 0 Å². The Hall–Kier alpha value is -0.700. The molecule has 1 aliphatic rings. The van der Waals surface area contributed by atoms with Crippen molar-refractivity contribution < 1.29 is 4.39 Å². The maximum atomic E-state index is 13.2. The van der Waals surface area contributed by atoms with E-state index < -0.39 is 0 Å². The minimum absolute atomic E-state index is 0.111. The number of halogens is 1. The fourth-order valence-corrected chi connectivity index (χ4v) is 2.28. The topological polar surface area (TPSA) is 3.24 Å². The van der Waals surface area contributed by atoms with Gasteiger partial charge >= 0.3 is 0 Å². The average molecular weight is 183 g/mol. The van der Waals surface area contributed by atoms with Gasteiger partial charge < -0.3 is 4.90 Å². The maximum Gasteiger partial charge on any atom is 0.146 e. The third-order valence-corrected chi connectivity index (χ3v) is 2.91. The lowest BCUT2D eigenvalue weighted by molar-refractivity contribution is 0.624. The van der Waals surface area contributed by atoms with Gasteiger partial charge in [-0.15, -0.1) is 11.8 Å². The van der Waals surface area contributed by atoms with Crippen LogP contribution in [0.3, 0.4) is 0 Å². The minimum atomic E-state index is -0.111. The average Bonchev–Trinajstić information content (AvgIpc) is 2.57. The maximum absolute atomic E-state index is 13.2. The summed E-state index contributed by atoms with van der Waals surface area (Å²) < 4.78 is 13.2. The van der Waals surface area contributed by atoms with Crippen LogP contribution in [0, 0.1) is 5.82 Å². The molecule has 1 aromatic rings. The van der Waals surface area contributed by atoms with E-state index in [-0.39, 0.29) is 5.82 Å². The zero-order valence-electron chi connectivity index (χ0n) is 6.66. The smallest absolute Gasteiger partial charge is 0.146 e. The standard InChI is InChI=1S/C9H10FNS/c10-8-3-1-2-4-9(8)11-5-6-12-7-11/h1-4H,5-7H2. The Morgan fingerprint density at radius 1 is 1.33 bits per heavy atom. The molecular formula is C9H10FNS. The van der Waals surface area contributed by atoms with Crippen molar-refractivity contribution in [1.29, 1.82) is 0 Å². The molecule has 0 spiro atoms. The summed E-state index contributed by atoms with van der Waals surface area (Å²) in [7, 11) is 0. The Morgan fingerprint density at radius 2 is 2.17 bits per heavy atom. The molecule has 3 heteroatoms. The Kier molecular flexibility index (Phi) is 2.21. The Balaban J connectivity index is 2.26. The van der Waals surface area contributed by atoms with Gasteiger partial charge in [-0.1, -0.05) is 12.1 Å². The van der Waals surface area contributed by atoms with Crippen LogP contribution < -0.4 is 4.90 Å². The molecule has 0 N–H and O–H groups in total. The predicted molar refractivity (Wildman–Crippen MR) is 51.1 cm³/mol. The highest BCUT2D eigenvalue weighted by Gasteiger charge is 2.14. The SMILES string of the molecule is Fc1ccccc1N1CCSC1. The lowest BCUT2D eigenvalue weighted by Crippen LogP contribution is -2.18. The minimum Gasteiger partial charge on any atom is -0.359 e. The highest BCUT2D eigenvalue weighted by molar-refractivity contribution is 7.99. The molecule has 1 heterocycles. The summed E-state index contributed by atoms with van der Waals surface area (Å²) in [5.41, 5.74) is 0.738. The molecule has 1 saturated heterocycles. The van der Waals surface area contributed by atoms with Gasteiger partial charge in [-0.25, -0.2) is 4.39 Å². The largest absolute Gasteiger partial charge is 0.359 e. The van der Waals surface area contributed by atoms with Gasteiger partial charge in [0.2, 0.25) is 0 Å². The molecule has 1 aliphatic heterocycles. The summed E-state index contributed by atoms with van der Waals surface area (Å²) in [6.07, 6.45) is 0. The van der Waals surface area contributed by atoms with Gasteiger partial charge in [0.15, 0.2) is 0 Å². The number of benzene rings is 1. The summed E-state index contributed by atoms with van der Waals surface area (Å²) in [5, 5.41) is 0. The quantitative estimate of drug-likeness (QED) is 0.657. The Labute approximate surface area is 75.6 Å². The van der Waals surface area contributed by atoms with E-state index in [1.807, 2.05) is 23.9 Å². The molecule has 0 aliphatic carbocycles. The molecule has 0 amide bonds. The fraction of sp³-hybridized carbons (Fsp3) is 0.333. The number of para-hydroxylation sites is 1. The molecule has 0 unspecified atom stereocenters. The summed E-state index contributed by atoms with van der Waals surface area (Å²) in [6, 6.07) is 6.95. The van der Waals surface area contributed by atoms with Crippen molar-refractivity contribution in [3.05, 3.63) is 30.1 Å². The van der Waals surface area contributed by atoms with E-state index in [2.05, 4.69) is 4.90 Å². The first-order chi connectivity index (χ1) is 5.88. The monoisotopic (exact) mass is 183 g/mol. The highest BCUT2D eigenvalue weighted by Crippen LogP contribution is 2.24. The number of hydrogen-bond acceptors (Lipinski definition) is 2. The van der Waals surface area contributed by atoms with Crippen LogP contribution in [-0.4, -0.2) is 18.2 Å². The molecule has 2 rings (SSSR count). The van der Waals surface area contributed by atoms with E-state index in [0.29, 0.717) is 0 Å². The number of hydrogen-bond donors (Lipinski definition) is 0. The van der Waals surface area contributed by atoms with Crippen molar-refractivity contribution in [1.82, 2.24) is 0 Å². The second-order valence-electron chi connectivity index (χ2n) is 2.75. The van der Waals surface area contributed by atoms with Crippen LogP contribution in [0.4, 0.5) is 10.1 Å². The van der Waals surface area contributed by atoms with Crippen LogP contribution >= 0.6 is 11.8 Å². The number of nitrogens with zero attached hydrogens (tertiary/aromatic N) is 1. The first-order valence-corrected chi connectivity index (χ1v) is 5.10. The van der Waals surface area contributed by atoms with Gasteiger partial charge in [0.25, 0.3) is 0 Å². The van der Waals surface area contributed by atoms with Crippen molar-refractivity contribution in [3.63, 3.8) is 0 Å². The van der Waals surface area contributed by atoms with E-state index in [9.17, 15) is 4.39 Å². The summed E-state index contributed by atoms with van der Waals surface area (Å²) in [5.74, 6) is 1.91. The molecule has 64 valence electrons. The van der Waals surface area contributed by atoms with Crippen LogP contribution in [0.15, 0.2) is 24.3 Å². The third-order valence-electron chi connectivity index (χ3n) is 1.95. The third kappa shape index (κ3) is 1.41. The van der Waals surface area contributed by atoms with Crippen molar-refractivity contribution in [2.75, 3.05) is 23.1 Å². The van der Waals surface area contributed by atoms with Crippen molar-refractivity contribution in [3.8, 4) is 0 Å². The van der Waals surface area contributed by atoms with Gasteiger partial charge in [0.05, 0.1) is 11.6 Å². The second kappa shape index (κ2) is 3.35. The number of rotatable bonds is 1. The van der Waals surface area contributed by atoms with E-state index in [0.717, 1.165) is 23.9 Å². The van der Waals surface area contributed by atoms with Gasteiger partial charge in [0, 0.05) is 12.3 Å². The molecule has 0 saturated carbocycles. The Morgan fingerprint density at radius 3 is 2.83 bits per heavy atom. The number of thioether (sulfide) groups is 1. The normalized spacial score (nSPS) is 16.9. The van der Waals surface area contributed by atoms with Gasteiger partial charge in [-0.05, 0) is 12.1 Å². The van der Waals surface area contributed by atoms with Crippen LogP contribution in [0.25, 0.3) is 0 Å². The van der Waals surface area contributed by atoms with Gasteiger partial charge in [-0.3, -0.25) is 0 Å². The molecule has 0 atom stereocenters. The zero-order valence-corrected chi connectivity index (χ0v) is 7.48. The second-order valence-corrected chi connectivity index (χ2v) is 3.83.